The Morgan fingerprint density at radius 1 is 1.24 bits per heavy atom. The molecule has 1 aromatic carbocycles. The van der Waals surface area contributed by atoms with Gasteiger partial charge in [-0.25, -0.2) is 9.31 Å². The second-order valence-corrected chi connectivity index (χ2v) is 6.34. The summed E-state index contributed by atoms with van der Waals surface area (Å²) in [5.74, 6) is -1.58. The minimum absolute atomic E-state index is 0.148. The lowest BCUT2D eigenvalue weighted by Gasteiger charge is -2.24. The summed E-state index contributed by atoms with van der Waals surface area (Å²) in [6, 6.07) is 6.94. The summed E-state index contributed by atoms with van der Waals surface area (Å²) in [6.45, 7) is 0. The van der Waals surface area contributed by atoms with E-state index in [1.165, 1.54) is 10.7 Å². The molecule has 0 atom stereocenters. The minimum Gasteiger partial charge on any atom is -0.480 e. The fraction of sp³-hybridized carbons (Fsp3) is 0.294. The molecule has 1 amide bonds. The largest absolute Gasteiger partial charge is 0.480 e. The van der Waals surface area contributed by atoms with Crippen LogP contribution in [0.3, 0.4) is 0 Å². The number of rotatable bonds is 3. The zero-order chi connectivity index (χ0) is 17.6. The van der Waals surface area contributed by atoms with Gasteiger partial charge < -0.3 is 15.4 Å². The number of hydrogen-bond donors (Lipinski definition) is 3. The number of para-hydroxylation sites is 1. The van der Waals surface area contributed by atoms with E-state index in [4.69, 9.17) is 0 Å². The summed E-state index contributed by atoms with van der Waals surface area (Å²) >= 11 is 0. The molecule has 0 spiro atoms. The first-order chi connectivity index (χ1) is 12.0. The Morgan fingerprint density at radius 3 is 2.68 bits per heavy atom. The van der Waals surface area contributed by atoms with Crippen molar-refractivity contribution in [3.8, 4) is 0 Å². The number of amides is 1. The molecule has 3 aromatic rings. The van der Waals surface area contributed by atoms with Crippen LogP contribution in [0.2, 0.25) is 0 Å². The molecule has 1 saturated carbocycles. The maximum absolute atomic E-state index is 12.7. The highest BCUT2D eigenvalue weighted by Crippen LogP contribution is 2.30. The van der Waals surface area contributed by atoms with Gasteiger partial charge in [-0.3, -0.25) is 9.59 Å². The van der Waals surface area contributed by atoms with Crippen LogP contribution in [-0.2, 0) is 4.79 Å². The molecule has 1 aliphatic carbocycles. The molecule has 8 nitrogen and oxygen atoms in total. The van der Waals surface area contributed by atoms with Crippen LogP contribution >= 0.6 is 0 Å². The molecule has 0 saturated heterocycles. The molecule has 2 aromatic heterocycles. The van der Waals surface area contributed by atoms with Crippen molar-refractivity contribution >= 4 is 28.4 Å². The van der Waals surface area contributed by atoms with Gasteiger partial charge in [-0.15, -0.1) is 0 Å². The van der Waals surface area contributed by atoms with Gasteiger partial charge in [0.2, 0.25) is 0 Å². The first-order valence-corrected chi connectivity index (χ1v) is 8.06. The first kappa shape index (κ1) is 15.4. The molecule has 2 heterocycles. The molecule has 4 rings (SSSR count). The third-order valence-corrected chi connectivity index (χ3v) is 4.84. The van der Waals surface area contributed by atoms with Crippen molar-refractivity contribution in [3.05, 3.63) is 46.4 Å². The van der Waals surface area contributed by atoms with Crippen LogP contribution in [0, 0.1) is 0 Å². The quantitative estimate of drug-likeness (QED) is 0.664. The van der Waals surface area contributed by atoms with E-state index in [1.807, 2.05) is 0 Å². The third-order valence-electron chi connectivity index (χ3n) is 4.84. The van der Waals surface area contributed by atoms with E-state index >= 15 is 0 Å². The van der Waals surface area contributed by atoms with Crippen molar-refractivity contribution in [3.63, 3.8) is 0 Å². The smallest absolute Gasteiger partial charge is 0.329 e. The number of aromatic nitrogens is 3. The standard InChI is InChI=1S/C17H16N4O4/c22-14-10-5-1-2-6-12(10)21-13(19-14)11(9-18-21)15(23)20-17(16(24)25)7-3-4-8-17/h1-2,5-6,9H,3-4,7-8H2,(H,19,22)(H,20,23)(H,24,25). The number of nitrogens with zero attached hydrogens (tertiary/aromatic N) is 2. The Labute approximate surface area is 141 Å². The molecule has 8 heteroatoms. The summed E-state index contributed by atoms with van der Waals surface area (Å²) in [4.78, 5) is 39.2. The average molecular weight is 340 g/mol. The number of carboxylic acids is 1. The minimum atomic E-state index is -1.25. The second-order valence-electron chi connectivity index (χ2n) is 6.34. The molecule has 25 heavy (non-hydrogen) atoms. The van der Waals surface area contributed by atoms with E-state index in [2.05, 4.69) is 15.4 Å². The molecule has 0 unspecified atom stereocenters. The van der Waals surface area contributed by atoms with Crippen LogP contribution in [0.25, 0.3) is 16.6 Å². The van der Waals surface area contributed by atoms with Crippen molar-refractivity contribution in [1.29, 1.82) is 0 Å². The molecule has 0 radical (unpaired) electrons. The van der Waals surface area contributed by atoms with Gasteiger partial charge in [0.15, 0.2) is 0 Å². The lowest BCUT2D eigenvalue weighted by Crippen LogP contribution is -2.52. The number of hydrogen-bond acceptors (Lipinski definition) is 4. The first-order valence-electron chi connectivity index (χ1n) is 8.06. The number of carbonyl (C=O) groups is 2. The highest BCUT2D eigenvalue weighted by Gasteiger charge is 2.43. The molecular formula is C17H16N4O4. The lowest BCUT2D eigenvalue weighted by molar-refractivity contribution is -0.144. The summed E-state index contributed by atoms with van der Waals surface area (Å²) in [6.07, 6.45) is 3.64. The van der Waals surface area contributed by atoms with Gasteiger partial charge in [0.25, 0.3) is 11.5 Å². The molecule has 0 aliphatic heterocycles. The lowest BCUT2D eigenvalue weighted by atomic mass is 9.97. The number of nitrogens with one attached hydrogen (secondary N) is 2. The molecule has 1 aliphatic rings. The molecule has 3 N–H and O–H groups in total. The van der Waals surface area contributed by atoms with E-state index in [0.717, 1.165) is 12.8 Å². The summed E-state index contributed by atoms with van der Waals surface area (Å²) < 4.78 is 1.48. The molecule has 1 fully saturated rings. The van der Waals surface area contributed by atoms with E-state index < -0.39 is 17.4 Å². The predicted molar refractivity (Wildman–Crippen MR) is 89.6 cm³/mol. The zero-order valence-electron chi connectivity index (χ0n) is 13.3. The molecular weight excluding hydrogens is 324 g/mol. The highest BCUT2D eigenvalue weighted by molar-refractivity contribution is 6.03. The number of benzene rings is 1. The zero-order valence-corrected chi connectivity index (χ0v) is 13.3. The third kappa shape index (κ3) is 2.29. The Hall–Kier alpha value is -3.16. The Balaban J connectivity index is 1.81. The van der Waals surface area contributed by atoms with Crippen molar-refractivity contribution in [2.24, 2.45) is 0 Å². The number of fused-ring (bicyclic) bond motifs is 3. The number of carbonyl (C=O) groups excluding carboxylic acids is 1. The van der Waals surface area contributed by atoms with Crippen LogP contribution < -0.4 is 10.9 Å². The van der Waals surface area contributed by atoms with Crippen LogP contribution in [0.1, 0.15) is 36.0 Å². The topological polar surface area (TPSA) is 117 Å². The van der Waals surface area contributed by atoms with Crippen LogP contribution in [0.5, 0.6) is 0 Å². The number of aliphatic carboxylic acids is 1. The van der Waals surface area contributed by atoms with Gasteiger partial charge in [0.05, 0.1) is 17.1 Å². The van der Waals surface area contributed by atoms with Crippen molar-refractivity contribution in [1.82, 2.24) is 19.9 Å². The van der Waals surface area contributed by atoms with E-state index in [9.17, 15) is 19.5 Å². The van der Waals surface area contributed by atoms with Gasteiger partial charge in [-0.2, -0.15) is 5.10 Å². The van der Waals surface area contributed by atoms with E-state index in [0.29, 0.717) is 23.7 Å². The van der Waals surface area contributed by atoms with Crippen LogP contribution in [0.15, 0.2) is 35.3 Å². The van der Waals surface area contributed by atoms with Crippen molar-refractivity contribution in [2.75, 3.05) is 0 Å². The van der Waals surface area contributed by atoms with Crippen LogP contribution in [-0.4, -0.2) is 37.1 Å². The summed E-state index contributed by atoms with van der Waals surface area (Å²) in [7, 11) is 0. The molecule has 128 valence electrons. The maximum Gasteiger partial charge on any atom is 0.329 e. The SMILES string of the molecule is O=C(NC1(C(=O)O)CCCC1)c1cnn2c1[nH]c(=O)c1ccccc12. The Morgan fingerprint density at radius 2 is 1.96 bits per heavy atom. The van der Waals surface area contributed by atoms with Gasteiger partial charge in [-0.1, -0.05) is 25.0 Å². The monoisotopic (exact) mass is 340 g/mol. The Bertz CT molecular complexity index is 1060. The number of H-pyrrole nitrogens is 1. The number of aromatic amines is 1. The summed E-state index contributed by atoms with van der Waals surface area (Å²) in [5.41, 5.74) is -0.599. The van der Waals surface area contributed by atoms with Gasteiger partial charge >= 0.3 is 5.97 Å². The van der Waals surface area contributed by atoms with Crippen LogP contribution in [0.4, 0.5) is 0 Å². The predicted octanol–water partition coefficient (Wildman–Crippen LogP) is 1.30. The maximum atomic E-state index is 12.7. The van der Waals surface area contributed by atoms with Crippen molar-refractivity contribution in [2.45, 2.75) is 31.2 Å². The van der Waals surface area contributed by atoms with Gasteiger partial charge in [0.1, 0.15) is 16.7 Å². The van der Waals surface area contributed by atoms with Gasteiger partial charge in [0, 0.05) is 0 Å². The molecule has 0 bridgehead atoms. The normalized spacial score (nSPS) is 16.3. The summed E-state index contributed by atoms with van der Waals surface area (Å²) in [5, 5.41) is 16.8. The van der Waals surface area contributed by atoms with Crippen molar-refractivity contribution < 1.29 is 14.7 Å². The van der Waals surface area contributed by atoms with E-state index in [-0.39, 0.29) is 16.8 Å². The van der Waals surface area contributed by atoms with Gasteiger partial charge in [-0.05, 0) is 25.0 Å². The Kier molecular flexibility index (Phi) is 3.34. The fourth-order valence-corrected chi connectivity index (χ4v) is 3.50. The number of carboxylic acid groups (broad SMARTS) is 1. The second kappa shape index (κ2) is 5.44. The highest BCUT2D eigenvalue weighted by atomic mass is 16.4. The average Bonchev–Trinajstić information content (AvgIpc) is 3.23. The fourth-order valence-electron chi connectivity index (χ4n) is 3.50. The van der Waals surface area contributed by atoms with E-state index in [1.54, 1.807) is 24.3 Å².